The molecule has 0 radical (unpaired) electrons. The average molecular weight is 204 g/mol. The van der Waals surface area contributed by atoms with E-state index >= 15 is 0 Å². The number of aryl methyl sites for hydroxylation is 1. The average Bonchev–Trinajstić information content (AvgIpc) is 2.21. The van der Waals surface area contributed by atoms with Crippen LogP contribution in [-0.4, -0.2) is 10.2 Å². The quantitative estimate of drug-likeness (QED) is 0.688. The van der Waals surface area contributed by atoms with E-state index < -0.39 is 0 Å². The van der Waals surface area contributed by atoms with Gasteiger partial charge in [-0.2, -0.15) is 10.2 Å². The monoisotopic (exact) mass is 204 g/mol. The molecule has 1 rings (SSSR count). The Morgan fingerprint density at radius 1 is 1.47 bits per heavy atom. The van der Waals surface area contributed by atoms with Gasteiger partial charge in [0.25, 0.3) is 0 Å². The molecule has 2 heteroatoms. The Kier molecular flexibility index (Phi) is 5.02. The second-order valence-corrected chi connectivity index (χ2v) is 4.06. The van der Waals surface area contributed by atoms with E-state index in [0.29, 0.717) is 5.92 Å². The normalized spacial score (nSPS) is 13.3. The van der Waals surface area contributed by atoms with Crippen LogP contribution in [0.2, 0.25) is 0 Å². The van der Waals surface area contributed by atoms with E-state index in [0.717, 1.165) is 12.1 Å². The Balaban J connectivity index is 2.46. The maximum Gasteiger partial charge on any atom is 0.0697 e. The second kappa shape index (κ2) is 6.33. The number of aromatic nitrogens is 2. The predicted molar refractivity (Wildman–Crippen MR) is 63.7 cm³/mol. The summed E-state index contributed by atoms with van der Waals surface area (Å²) in [5.41, 5.74) is 2.30. The highest BCUT2D eigenvalue weighted by atomic mass is 15.1. The molecule has 0 spiro atoms. The Hall–Kier alpha value is -1.18. The molecule has 0 fully saturated rings. The Labute approximate surface area is 92.4 Å². The van der Waals surface area contributed by atoms with Crippen molar-refractivity contribution in [2.24, 2.45) is 5.92 Å². The molecule has 0 saturated heterocycles. The van der Waals surface area contributed by atoms with Crippen LogP contribution in [0.5, 0.6) is 0 Å². The molecule has 0 bridgehead atoms. The van der Waals surface area contributed by atoms with Crippen molar-refractivity contribution in [3.05, 3.63) is 35.7 Å². The lowest BCUT2D eigenvalue weighted by Gasteiger charge is -2.03. The Morgan fingerprint density at radius 3 is 2.93 bits per heavy atom. The van der Waals surface area contributed by atoms with Crippen LogP contribution in [0.15, 0.2) is 24.4 Å². The second-order valence-electron chi connectivity index (χ2n) is 4.06. The maximum absolute atomic E-state index is 4.12. The van der Waals surface area contributed by atoms with Crippen molar-refractivity contribution in [1.82, 2.24) is 10.2 Å². The zero-order valence-electron chi connectivity index (χ0n) is 9.90. The number of rotatable bonds is 5. The highest BCUT2D eigenvalue weighted by Crippen LogP contribution is 2.08. The van der Waals surface area contributed by atoms with Crippen molar-refractivity contribution in [3.63, 3.8) is 0 Å². The molecule has 82 valence electrons. The third kappa shape index (κ3) is 4.24. The molecule has 15 heavy (non-hydrogen) atoms. The molecule has 0 aliphatic rings. The molecule has 1 atom stereocenters. The molecule has 0 amide bonds. The van der Waals surface area contributed by atoms with Crippen molar-refractivity contribution < 1.29 is 0 Å². The lowest BCUT2D eigenvalue weighted by molar-refractivity contribution is 0.632. The third-order valence-corrected chi connectivity index (χ3v) is 2.54. The van der Waals surface area contributed by atoms with E-state index in [1.807, 2.05) is 6.07 Å². The minimum Gasteiger partial charge on any atom is -0.159 e. The lowest BCUT2D eigenvalue weighted by Crippen LogP contribution is -1.95. The maximum atomic E-state index is 4.12. The summed E-state index contributed by atoms with van der Waals surface area (Å²) in [7, 11) is 0. The molecule has 0 aromatic carbocycles. The van der Waals surface area contributed by atoms with E-state index in [9.17, 15) is 0 Å². The Bertz CT molecular complexity index is 318. The van der Waals surface area contributed by atoms with E-state index in [1.165, 1.54) is 18.4 Å². The summed E-state index contributed by atoms with van der Waals surface area (Å²) in [6, 6.07) is 2.01. The minimum atomic E-state index is 0.673. The number of nitrogens with zero attached hydrogens (tertiary/aromatic N) is 2. The highest BCUT2D eigenvalue weighted by molar-refractivity contribution is 5.17. The molecule has 1 heterocycles. The van der Waals surface area contributed by atoms with Crippen LogP contribution < -0.4 is 0 Å². The van der Waals surface area contributed by atoms with Gasteiger partial charge in [0.1, 0.15) is 0 Å². The number of hydrogen-bond acceptors (Lipinski definition) is 2. The molecule has 0 aliphatic carbocycles. The largest absolute Gasteiger partial charge is 0.159 e. The summed E-state index contributed by atoms with van der Waals surface area (Å²) < 4.78 is 0. The van der Waals surface area contributed by atoms with Gasteiger partial charge in [-0.05, 0) is 30.9 Å². The molecule has 0 N–H and O–H groups in total. The highest BCUT2D eigenvalue weighted by Gasteiger charge is 1.97. The zero-order chi connectivity index (χ0) is 11.1. The first kappa shape index (κ1) is 11.9. The van der Waals surface area contributed by atoms with Crippen molar-refractivity contribution in [2.45, 2.75) is 40.0 Å². The molecule has 2 nitrogen and oxygen atoms in total. The van der Waals surface area contributed by atoms with Gasteiger partial charge in [0.2, 0.25) is 0 Å². The SMILES string of the molecule is CCCC(C)/C=C\Cc1nnccc1C. The molecule has 0 saturated carbocycles. The molecular weight excluding hydrogens is 184 g/mol. The molecule has 0 aliphatic heterocycles. The zero-order valence-corrected chi connectivity index (χ0v) is 9.90. The van der Waals surface area contributed by atoms with Gasteiger partial charge < -0.3 is 0 Å². The van der Waals surface area contributed by atoms with Gasteiger partial charge in [-0.15, -0.1) is 0 Å². The lowest BCUT2D eigenvalue weighted by atomic mass is 10.0. The Morgan fingerprint density at radius 2 is 2.27 bits per heavy atom. The standard InChI is InChI=1S/C13H20N2/c1-4-6-11(2)7-5-8-13-12(3)9-10-14-15-13/h5,7,9-11H,4,6,8H2,1-3H3/b7-5-. The van der Waals surface area contributed by atoms with Crippen LogP contribution in [0.1, 0.15) is 37.9 Å². The summed E-state index contributed by atoms with van der Waals surface area (Å²) >= 11 is 0. The van der Waals surface area contributed by atoms with Gasteiger partial charge in [0, 0.05) is 12.6 Å². The first-order valence-electron chi connectivity index (χ1n) is 5.67. The van der Waals surface area contributed by atoms with Gasteiger partial charge in [0.05, 0.1) is 5.69 Å². The summed E-state index contributed by atoms with van der Waals surface area (Å²) in [6.07, 6.45) is 9.62. The minimum absolute atomic E-state index is 0.673. The van der Waals surface area contributed by atoms with E-state index in [1.54, 1.807) is 6.20 Å². The van der Waals surface area contributed by atoms with Crippen molar-refractivity contribution in [3.8, 4) is 0 Å². The fraction of sp³-hybridized carbons (Fsp3) is 0.538. The molecule has 1 aromatic rings. The van der Waals surface area contributed by atoms with Gasteiger partial charge >= 0.3 is 0 Å². The van der Waals surface area contributed by atoms with Gasteiger partial charge in [-0.3, -0.25) is 0 Å². The first-order chi connectivity index (χ1) is 7.24. The first-order valence-corrected chi connectivity index (χ1v) is 5.67. The van der Waals surface area contributed by atoms with Crippen LogP contribution in [0, 0.1) is 12.8 Å². The van der Waals surface area contributed by atoms with E-state index in [4.69, 9.17) is 0 Å². The van der Waals surface area contributed by atoms with E-state index in [-0.39, 0.29) is 0 Å². The summed E-state index contributed by atoms with van der Waals surface area (Å²) in [5, 5.41) is 8.02. The van der Waals surface area contributed by atoms with Crippen LogP contribution in [0.3, 0.4) is 0 Å². The van der Waals surface area contributed by atoms with Crippen molar-refractivity contribution in [2.75, 3.05) is 0 Å². The van der Waals surface area contributed by atoms with Crippen molar-refractivity contribution in [1.29, 1.82) is 0 Å². The number of hydrogen-bond donors (Lipinski definition) is 0. The number of allylic oxidation sites excluding steroid dienone is 2. The van der Waals surface area contributed by atoms with Crippen LogP contribution in [0.4, 0.5) is 0 Å². The summed E-state index contributed by atoms with van der Waals surface area (Å²) in [4.78, 5) is 0. The van der Waals surface area contributed by atoms with E-state index in [2.05, 4.69) is 43.1 Å². The topological polar surface area (TPSA) is 25.8 Å². The van der Waals surface area contributed by atoms with Crippen LogP contribution in [0.25, 0.3) is 0 Å². The fourth-order valence-electron chi connectivity index (χ4n) is 1.59. The van der Waals surface area contributed by atoms with Crippen molar-refractivity contribution >= 4 is 0 Å². The van der Waals surface area contributed by atoms with Gasteiger partial charge in [-0.25, -0.2) is 0 Å². The van der Waals surface area contributed by atoms with Crippen LogP contribution in [-0.2, 0) is 6.42 Å². The van der Waals surface area contributed by atoms with Crippen LogP contribution >= 0.6 is 0 Å². The van der Waals surface area contributed by atoms with Gasteiger partial charge in [0.15, 0.2) is 0 Å². The summed E-state index contributed by atoms with van der Waals surface area (Å²) in [6.45, 7) is 6.55. The third-order valence-electron chi connectivity index (χ3n) is 2.54. The molecule has 1 aromatic heterocycles. The summed E-state index contributed by atoms with van der Waals surface area (Å²) in [5.74, 6) is 0.673. The van der Waals surface area contributed by atoms with Gasteiger partial charge in [-0.1, -0.05) is 32.4 Å². The predicted octanol–water partition coefficient (Wildman–Crippen LogP) is 3.32. The smallest absolute Gasteiger partial charge is 0.0697 e. The fourth-order valence-corrected chi connectivity index (χ4v) is 1.59. The molecular formula is C13H20N2. The molecule has 1 unspecified atom stereocenters.